The van der Waals surface area contributed by atoms with Gasteiger partial charge in [0.15, 0.2) is 11.6 Å². The number of benzene rings is 1. The molecule has 4 heteroatoms. The predicted octanol–water partition coefficient (Wildman–Crippen LogP) is 2.73. The van der Waals surface area contributed by atoms with Gasteiger partial charge in [0.2, 0.25) is 0 Å². The van der Waals surface area contributed by atoms with E-state index in [0.29, 0.717) is 12.3 Å². The van der Waals surface area contributed by atoms with Crippen LogP contribution in [0.3, 0.4) is 0 Å². The zero-order chi connectivity index (χ0) is 12.1. The van der Waals surface area contributed by atoms with Gasteiger partial charge in [-0.15, -0.1) is 0 Å². The van der Waals surface area contributed by atoms with Gasteiger partial charge in [-0.1, -0.05) is 6.07 Å². The van der Waals surface area contributed by atoms with Gasteiger partial charge >= 0.3 is 0 Å². The Labute approximate surface area is 99.3 Å². The van der Waals surface area contributed by atoms with E-state index in [0.717, 1.165) is 5.56 Å². The molecular weight excluding hydrogens is 219 g/mol. The van der Waals surface area contributed by atoms with Gasteiger partial charge in [0.25, 0.3) is 0 Å². The van der Waals surface area contributed by atoms with Gasteiger partial charge in [-0.3, -0.25) is 4.98 Å². The van der Waals surface area contributed by atoms with Crippen molar-refractivity contribution in [2.45, 2.75) is 6.54 Å². The molecule has 0 radical (unpaired) electrons. The van der Waals surface area contributed by atoms with Gasteiger partial charge in [-0.25, -0.2) is 4.39 Å². The van der Waals surface area contributed by atoms with Gasteiger partial charge in [0.05, 0.1) is 6.20 Å². The van der Waals surface area contributed by atoms with Crippen LogP contribution in [0, 0.1) is 5.82 Å². The second-order valence-electron chi connectivity index (χ2n) is 3.59. The van der Waals surface area contributed by atoms with Gasteiger partial charge < -0.3 is 10.1 Å². The van der Waals surface area contributed by atoms with Gasteiger partial charge in [-0.2, -0.15) is 0 Å². The highest BCUT2D eigenvalue weighted by Crippen LogP contribution is 2.24. The summed E-state index contributed by atoms with van der Waals surface area (Å²) in [6, 6.07) is 8.37. The van der Waals surface area contributed by atoms with Crippen molar-refractivity contribution in [2.75, 3.05) is 7.05 Å². The normalized spacial score (nSPS) is 10.2. The minimum absolute atomic E-state index is 0.206. The molecule has 0 bridgehead atoms. The summed E-state index contributed by atoms with van der Waals surface area (Å²) in [7, 11) is 1.82. The molecule has 0 unspecified atom stereocenters. The Balaban J connectivity index is 2.17. The molecule has 88 valence electrons. The third kappa shape index (κ3) is 3.01. The summed E-state index contributed by atoms with van der Waals surface area (Å²) in [6.45, 7) is 0.629. The monoisotopic (exact) mass is 232 g/mol. The highest BCUT2D eigenvalue weighted by molar-refractivity contribution is 5.33. The van der Waals surface area contributed by atoms with Crippen molar-refractivity contribution in [3.05, 3.63) is 54.1 Å². The molecule has 0 aliphatic heterocycles. The second-order valence-corrected chi connectivity index (χ2v) is 3.59. The number of halogens is 1. The van der Waals surface area contributed by atoms with E-state index in [-0.39, 0.29) is 11.6 Å². The summed E-state index contributed by atoms with van der Waals surface area (Å²) in [5.74, 6) is 0.354. The molecule has 0 amide bonds. The van der Waals surface area contributed by atoms with E-state index in [4.69, 9.17) is 4.74 Å². The number of rotatable bonds is 4. The highest BCUT2D eigenvalue weighted by Gasteiger charge is 2.05. The van der Waals surface area contributed by atoms with Crippen LogP contribution in [0.25, 0.3) is 0 Å². The summed E-state index contributed by atoms with van der Waals surface area (Å²) < 4.78 is 19.1. The third-order valence-electron chi connectivity index (χ3n) is 2.24. The Morgan fingerprint density at radius 1 is 1.35 bits per heavy atom. The Bertz CT molecular complexity index is 488. The molecule has 0 atom stereocenters. The lowest BCUT2D eigenvalue weighted by atomic mass is 10.2. The summed E-state index contributed by atoms with van der Waals surface area (Å²) in [4.78, 5) is 3.90. The Morgan fingerprint density at radius 3 is 2.88 bits per heavy atom. The SMILES string of the molecule is CNCc1ccc(Oc2cccnc2)c(F)c1. The average molecular weight is 232 g/mol. The fourth-order valence-electron chi connectivity index (χ4n) is 1.48. The van der Waals surface area contributed by atoms with Gasteiger partial charge in [0, 0.05) is 12.7 Å². The predicted molar refractivity (Wildman–Crippen MR) is 63.5 cm³/mol. The maximum Gasteiger partial charge on any atom is 0.166 e. The van der Waals surface area contributed by atoms with E-state index in [9.17, 15) is 4.39 Å². The molecule has 0 fully saturated rings. The minimum atomic E-state index is -0.374. The molecule has 1 aromatic carbocycles. The summed E-state index contributed by atoms with van der Waals surface area (Å²) in [5, 5.41) is 2.96. The van der Waals surface area contributed by atoms with Crippen LogP contribution in [0.1, 0.15) is 5.56 Å². The molecule has 0 saturated heterocycles. The van der Waals surface area contributed by atoms with Crippen molar-refractivity contribution < 1.29 is 9.13 Å². The van der Waals surface area contributed by atoms with Crippen LogP contribution in [-0.4, -0.2) is 12.0 Å². The lowest BCUT2D eigenvalue weighted by molar-refractivity contribution is 0.440. The zero-order valence-corrected chi connectivity index (χ0v) is 9.48. The van der Waals surface area contributed by atoms with Crippen LogP contribution < -0.4 is 10.1 Å². The van der Waals surface area contributed by atoms with E-state index in [1.54, 1.807) is 30.6 Å². The molecule has 1 N–H and O–H groups in total. The van der Waals surface area contributed by atoms with E-state index < -0.39 is 0 Å². The molecule has 0 spiro atoms. The maximum absolute atomic E-state index is 13.7. The third-order valence-corrected chi connectivity index (χ3v) is 2.24. The fraction of sp³-hybridized carbons (Fsp3) is 0.154. The number of pyridine rings is 1. The van der Waals surface area contributed by atoms with E-state index in [1.807, 2.05) is 13.1 Å². The molecule has 0 aliphatic carbocycles. The number of nitrogens with one attached hydrogen (secondary N) is 1. The molecular formula is C13H13FN2O. The molecule has 0 aliphatic rings. The fourth-order valence-corrected chi connectivity index (χ4v) is 1.48. The Morgan fingerprint density at radius 2 is 2.24 bits per heavy atom. The Kier molecular flexibility index (Phi) is 3.67. The first-order valence-corrected chi connectivity index (χ1v) is 5.30. The summed E-state index contributed by atoms with van der Waals surface area (Å²) in [6.07, 6.45) is 3.18. The second kappa shape index (κ2) is 5.41. The van der Waals surface area contributed by atoms with Crippen molar-refractivity contribution in [2.24, 2.45) is 0 Å². The zero-order valence-electron chi connectivity index (χ0n) is 9.48. The molecule has 2 rings (SSSR count). The minimum Gasteiger partial charge on any atom is -0.453 e. The Hall–Kier alpha value is -1.94. The molecule has 0 saturated carbocycles. The van der Waals surface area contributed by atoms with E-state index >= 15 is 0 Å². The van der Waals surface area contributed by atoms with Crippen LogP contribution in [0.5, 0.6) is 11.5 Å². The van der Waals surface area contributed by atoms with Crippen LogP contribution in [-0.2, 0) is 6.54 Å². The lowest BCUT2D eigenvalue weighted by Gasteiger charge is -2.07. The van der Waals surface area contributed by atoms with Crippen molar-refractivity contribution in [3.63, 3.8) is 0 Å². The number of hydrogen-bond acceptors (Lipinski definition) is 3. The first-order chi connectivity index (χ1) is 8.29. The van der Waals surface area contributed by atoms with Crippen molar-refractivity contribution in [1.29, 1.82) is 0 Å². The highest BCUT2D eigenvalue weighted by atomic mass is 19.1. The summed E-state index contributed by atoms with van der Waals surface area (Å²) >= 11 is 0. The van der Waals surface area contributed by atoms with Crippen LogP contribution in [0.15, 0.2) is 42.7 Å². The van der Waals surface area contributed by atoms with Crippen molar-refractivity contribution in [3.8, 4) is 11.5 Å². The molecule has 3 nitrogen and oxygen atoms in total. The van der Waals surface area contributed by atoms with Gasteiger partial charge in [-0.05, 0) is 36.9 Å². The van der Waals surface area contributed by atoms with E-state index in [2.05, 4.69) is 10.3 Å². The van der Waals surface area contributed by atoms with Crippen LogP contribution >= 0.6 is 0 Å². The van der Waals surface area contributed by atoms with Crippen LogP contribution in [0.4, 0.5) is 4.39 Å². The van der Waals surface area contributed by atoms with Gasteiger partial charge in [0.1, 0.15) is 5.75 Å². The number of ether oxygens (including phenoxy) is 1. The summed E-state index contributed by atoms with van der Waals surface area (Å²) in [5.41, 5.74) is 0.878. The first-order valence-electron chi connectivity index (χ1n) is 5.30. The maximum atomic E-state index is 13.7. The van der Waals surface area contributed by atoms with Crippen LogP contribution in [0.2, 0.25) is 0 Å². The van der Waals surface area contributed by atoms with Crippen molar-refractivity contribution in [1.82, 2.24) is 10.3 Å². The largest absolute Gasteiger partial charge is 0.453 e. The molecule has 2 aromatic rings. The molecule has 1 aromatic heterocycles. The topological polar surface area (TPSA) is 34.1 Å². The van der Waals surface area contributed by atoms with E-state index in [1.165, 1.54) is 6.07 Å². The lowest BCUT2D eigenvalue weighted by Crippen LogP contribution is -2.05. The number of hydrogen-bond donors (Lipinski definition) is 1. The number of nitrogens with zero attached hydrogens (tertiary/aromatic N) is 1. The van der Waals surface area contributed by atoms with Crippen molar-refractivity contribution >= 4 is 0 Å². The smallest absolute Gasteiger partial charge is 0.166 e. The first kappa shape index (κ1) is 11.5. The standard InChI is InChI=1S/C13H13FN2O/c1-15-8-10-4-5-13(12(14)7-10)17-11-3-2-6-16-9-11/h2-7,9,15H,8H2,1H3. The quantitative estimate of drug-likeness (QED) is 0.880. The molecule has 17 heavy (non-hydrogen) atoms. The number of aromatic nitrogens is 1. The molecule has 1 heterocycles. The average Bonchev–Trinajstić information content (AvgIpc) is 2.34.